The lowest BCUT2D eigenvalue weighted by Gasteiger charge is -2.16. The third kappa shape index (κ3) is 3.84. The van der Waals surface area contributed by atoms with Crippen LogP contribution in [0.5, 0.6) is 0 Å². The van der Waals surface area contributed by atoms with E-state index in [0.717, 1.165) is 17.2 Å². The van der Waals surface area contributed by atoms with Crippen molar-refractivity contribution in [3.05, 3.63) is 48.0 Å². The first-order valence-electron chi connectivity index (χ1n) is 5.18. The number of carbonyl (C=O) groups is 1. The molecule has 1 aromatic rings. The van der Waals surface area contributed by atoms with Gasteiger partial charge in [0.2, 0.25) is 0 Å². The molecular formula is C13H18OSi. The van der Waals surface area contributed by atoms with Gasteiger partial charge in [0.15, 0.2) is 5.78 Å². The van der Waals surface area contributed by atoms with E-state index in [1.807, 2.05) is 30.3 Å². The quantitative estimate of drug-likeness (QED) is 0.427. The first kappa shape index (κ1) is 11.9. The van der Waals surface area contributed by atoms with E-state index >= 15 is 0 Å². The summed E-state index contributed by atoms with van der Waals surface area (Å²) in [7, 11) is -1.24. The number of benzene rings is 1. The Bertz CT molecular complexity index is 360. The van der Waals surface area contributed by atoms with Gasteiger partial charge in [0.1, 0.15) is 0 Å². The minimum atomic E-state index is -1.24. The molecule has 0 aliphatic rings. The maximum atomic E-state index is 11.9. The molecule has 80 valence electrons. The fourth-order valence-corrected chi connectivity index (χ4v) is 2.95. The Kier molecular flexibility index (Phi) is 3.64. The van der Waals surface area contributed by atoms with E-state index in [-0.39, 0.29) is 5.78 Å². The maximum Gasteiger partial charge on any atom is 0.188 e. The van der Waals surface area contributed by atoms with Gasteiger partial charge in [-0.05, 0) is 11.6 Å². The first-order chi connectivity index (χ1) is 6.90. The van der Waals surface area contributed by atoms with Crippen molar-refractivity contribution in [1.82, 2.24) is 0 Å². The summed E-state index contributed by atoms with van der Waals surface area (Å²) in [6.45, 7) is 10.6. The topological polar surface area (TPSA) is 17.1 Å². The van der Waals surface area contributed by atoms with Crippen LogP contribution in [-0.4, -0.2) is 13.9 Å². The number of Topliss-reactive ketones (excluding diaryl/α,β-unsaturated/α-hetero) is 1. The predicted molar refractivity (Wildman–Crippen MR) is 68.1 cm³/mol. The summed E-state index contributed by atoms with van der Waals surface area (Å²) in [5.74, 6) is 0.0954. The summed E-state index contributed by atoms with van der Waals surface area (Å²) >= 11 is 0. The summed E-state index contributed by atoms with van der Waals surface area (Å²) < 4.78 is 0. The lowest BCUT2D eigenvalue weighted by molar-refractivity contribution is 0.103. The fourth-order valence-electron chi connectivity index (χ4n) is 1.51. The van der Waals surface area contributed by atoms with Gasteiger partial charge < -0.3 is 0 Å². The lowest BCUT2D eigenvalue weighted by Crippen LogP contribution is -2.22. The van der Waals surface area contributed by atoms with E-state index in [4.69, 9.17) is 0 Å². The Hall–Kier alpha value is -1.15. The summed E-state index contributed by atoms with van der Waals surface area (Å²) in [5, 5.41) is 0. The molecule has 0 saturated heterocycles. The molecule has 0 N–H and O–H groups in total. The van der Waals surface area contributed by atoms with Gasteiger partial charge in [-0.1, -0.05) is 56.6 Å². The molecule has 0 fully saturated rings. The van der Waals surface area contributed by atoms with Crippen LogP contribution in [0.4, 0.5) is 0 Å². The van der Waals surface area contributed by atoms with Gasteiger partial charge in [-0.2, -0.15) is 0 Å². The van der Waals surface area contributed by atoms with Gasteiger partial charge >= 0.3 is 0 Å². The zero-order chi connectivity index (χ0) is 11.5. The minimum absolute atomic E-state index is 0.0954. The Balaban J connectivity index is 2.75. The van der Waals surface area contributed by atoms with Crippen LogP contribution in [0.3, 0.4) is 0 Å². The number of hydrogen-bond donors (Lipinski definition) is 0. The SMILES string of the molecule is C=C(C[Si](C)(C)C)C(=O)c1ccccc1. The summed E-state index contributed by atoms with van der Waals surface area (Å²) in [6.07, 6.45) is 0. The van der Waals surface area contributed by atoms with Gasteiger partial charge in [0, 0.05) is 13.6 Å². The molecule has 0 saturated carbocycles. The average molecular weight is 218 g/mol. The Morgan fingerprint density at radius 1 is 1.20 bits per heavy atom. The van der Waals surface area contributed by atoms with Crippen molar-refractivity contribution in [2.24, 2.45) is 0 Å². The number of ketones is 1. The monoisotopic (exact) mass is 218 g/mol. The molecule has 0 aromatic heterocycles. The molecule has 0 heterocycles. The summed E-state index contributed by atoms with van der Waals surface area (Å²) in [4.78, 5) is 11.9. The van der Waals surface area contributed by atoms with Crippen molar-refractivity contribution < 1.29 is 4.79 Å². The van der Waals surface area contributed by atoms with Gasteiger partial charge in [-0.15, -0.1) is 0 Å². The number of hydrogen-bond acceptors (Lipinski definition) is 1. The second-order valence-electron chi connectivity index (χ2n) is 5.04. The molecule has 0 unspecified atom stereocenters. The average Bonchev–Trinajstić information content (AvgIpc) is 2.15. The largest absolute Gasteiger partial charge is 0.289 e. The highest BCUT2D eigenvalue weighted by molar-refractivity contribution is 6.77. The standard InChI is InChI=1S/C13H18OSi/c1-11(10-15(2,3)4)13(14)12-8-6-5-7-9-12/h5-9H,1,10H2,2-4H3. The highest BCUT2D eigenvalue weighted by Crippen LogP contribution is 2.18. The van der Waals surface area contributed by atoms with E-state index in [1.165, 1.54) is 0 Å². The predicted octanol–water partition coefficient (Wildman–Crippen LogP) is 3.76. The van der Waals surface area contributed by atoms with Gasteiger partial charge in [-0.3, -0.25) is 4.79 Å². The third-order valence-electron chi connectivity index (χ3n) is 2.10. The number of carbonyl (C=O) groups excluding carboxylic acids is 1. The third-order valence-corrected chi connectivity index (χ3v) is 3.59. The molecule has 1 nitrogen and oxygen atoms in total. The van der Waals surface area contributed by atoms with E-state index in [9.17, 15) is 4.79 Å². The lowest BCUT2D eigenvalue weighted by atomic mass is 10.1. The smallest absolute Gasteiger partial charge is 0.188 e. The minimum Gasteiger partial charge on any atom is -0.289 e. The van der Waals surface area contributed by atoms with Crippen molar-refractivity contribution in [1.29, 1.82) is 0 Å². The molecule has 0 aliphatic carbocycles. The van der Waals surface area contributed by atoms with Crippen LogP contribution in [0.2, 0.25) is 25.7 Å². The molecule has 1 rings (SSSR count). The first-order valence-corrected chi connectivity index (χ1v) is 8.88. The summed E-state index contributed by atoms with van der Waals surface area (Å²) in [5.41, 5.74) is 1.50. The molecule has 0 atom stereocenters. The van der Waals surface area contributed by atoms with E-state index in [0.29, 0.717) is 0 Å². The van der Waals surface area contributed by atoms with Crippen molar-refractivity contribution in [2.45, 2.75) is 25.7 Å². The van der Waals surface area contributed by atoms with Crippen LogP contribution in [-0.2, 0) is 0 Å². The number of rotatable bonds is 4. The van der Waals surface area contributed by atoms with E-state index in [1.54, 1.807) is 0 Å². The molecular weight excluding hydrogens is 200 g/mol. The second kappa shape index (κ2) is 4.58. The van der Waals surface area contributed by atoms with Crippen LogP contribution < -0.4 is 0 Å². The van der Waals surface area contributed by atoms with Crippen LogP contribution >= 0.6 is 0 Å². The molecule has 0 radical (unpaired) electrons. The van der Waals surface area contributed by atoms with Gasteiger partial charge in [0.25, 0.3) is 0 Å². The van der Waals surface area contributed by atoms with Crippen molar-refractivity contribution in [3.8, 4) is 0 Å². The molecule has 2 heteroatoms. The Labute approximate surface area is 92.8 Å². The van der Waals surface area contributed by atoms with Crippen molar-refractivity contribution >= 4 is 13.9 Å². The highest BCUT2D eigenvalue weighted by Gasteiger charge is 2.19. The number of allylic oxidation sites excluding steroid dienone is 1. The molecule has 1 aromatic carbocycles. The maximum absolute atomic E-state index is 11.9. The highest BCUT2D eigenvalue weighted by atomic mass is 28.3. The van der Waals surface area contributed by atoms with Crippen LogP contribution in [0.1, 0.15) is 10.4 Å². The fraction of sp³-hybridized carbons (Fsp3) is 0.308. The second-order valence-corrected chi connectivity index (χ2v) is 10.5. The van der Waals surface area contributed by atoms with Crippen molar-refractivity contribution in [3.63, 3.8) is 0 Å². The Morgan fingerprint density at radius 3 is 2.20 bits per heavy atom. The molecule has 0 bridgehead atoms. The summed E-state index contributed by atoms with van der Waals surface area (Å²) in [6, 6.07) is 10.2. The Morgan fingerprint density at radius 2 is 1.73 bits per heavy atom. The van der Waals surface area contributed by atoms with E-state index < -0.39 is 8.07 Å². The molecule has 15 heavy (non-hydrogen) atoms. The normalized spacial score (nSPS) is 11.1. The van der Waals surface area contributed by atoms with E-state index in [2.05, 4.69) is 26.2 Å². The van der Waals surface area contributed by atoms with Crippen LogP contribution in [0.15, 0.2) is 42.5 Å². The van der Waals surface area contributed by atoms with Crippen molar-refractivity contribution in [2.75, 3.05) is 0 Å². The van der Waals surface area contributed by atoms with Crippen LogP contribution in [0.25, 0.3) is 0 Å². The molecule has 0 amide bonds. The molecule has 0 aliphatic heterocycles. The van der Waals surface area contributed by atoms with Crippen LogP contribution in [0, 0.1) is 0 Å². The zero-order valence-electron chi connectivity index (χ0n) is 9.71. The van der Waals surface area contributed by atoms with Gasteiger partial charge in [-0.25, -0.2) is 0 Å². The zero-order valence-corrected chi connectivity index (χ0v) is 10.7. The van der Waals surface area contributed by atoms with Gasteiger partial charge in [0.05, 0.1) is 0 Å². The molecule has 0 spiro atoms.